The van der Waals surface area contributed by atoms with Gasteiger partial charge in [-0.3, -0.25) is 9.59 Å². The number of carboxylic acid groups (broad SMARTS) is 1. The molecule has 1 amide bonds. The molecule has 1 heterocycles. The van der Waals surface area contributed by atoms with E-state index < -0.39 is 11.9 Å². The van der Waals surface area contributed by atoms with Gasteiger partial charge in [0.25, 0.3) is 0 Å². The molecule has 0 saturated carbocycles. The summed E-state index contributed by atoms with van der Waals surface area (Å²) in [6.07, 6.45) is 1.48. The predicted octanol–water partition coefficient (Wildman–Crippen LogP) is 1.96. The first kappa shape index (κ1) is 17.1. The van der Waals surface area contributed by atoms with Crippen LogP contribution in [-0.4, -0.2) is 48.7 Å². The second-order valence-corrected chi connectivity index (χ2v) is 5.86. The molecule has 2 rings (SSSR count). The quantitative estimate of drug-likeness (QED) is 0.897. The molecule has 0 bridgehead atoms. The highest BCUT2D eigenvalue weighted by molar-refractivity contribution is 5.81. The Bertz CT molecular complexity index is 586. The van der Waals surface area contributed by atoms with Gasteiger partial charge in [-0.2, -0.15) is 0 Å². The van der Waals surface area contributed by atoms with Crippen LogP contribution in [0, 0.1) is 5.92 Å². The lowest BCUT2D eigenvalue weighted by atomic mass is 9.93. The van der Waals surface area contributed by atoms with Gasteiger partial charge in [0.1, 0.15) is 11.5 Å². The highest BCUT2D eigenvalue weighted by Crippen LogP contribution is 2.27. The Hall–Kier alpha value is -2.24. The molecule has 1 aliphatic rings. The largest absolute Gasteiger partial charge is 0.497 e. The monoisotopic (exact) mass is 321 g/mol. The van der Waals surface area contributed by atoms with Crippen LogP contribution in [0.15, 0.2) is 18.2 Å². The number of amides is 1. The van der Waals surface area contributed by atoms with Gasteiger partial charge in [0, 0.05) is 18.2 Å². The first-order valence-electron chi connectivity index (χ1n) is 7.69. The van der Waals surface area contributed by atoms with Gasteiger partial charge in [-0.15, -0.1) is 0 Å². The zero-order valence-corrected chi connectivity index (χ0v) is 13.7. The fraction of sp³-hybridized carbons (Fsp3) is 0.529. The molecular formula is C17H23NO5. The van der Waals surface area contributed by atoms with Crippen LogP contribution in [0.25, 0.3) is 0 Å². The lowest BCUT2D eigenvalue weighted by Gasteiger charge is -2.36. The van der Waals surface area contributed by atoms with E-state index in [1.807, 2.05) is 6.92 Å². The number of carbonyl (C=O) groups is 2. The van der Waals surface area contributed by atoms with Gasteiger partial charge in [0.15, 0.2) is 0 Å². The van der Waals surface area contributed by atoms with Gasteiger partial charge in [0.05, 0.1) is 26.6 Å². The van der Waals surface area contributed by atoms with Crippen molar-refractivity contribution in [3.8, 4) is 11.5 Å². The van der Waals surface area contributed by atoms with Crippen molar-refractivity contribution in [1.29, 1.82) is 0 Å². The summed E-state index contributed by atoms with van der Waals surface area (Å²) in [7, 11) is 3.12. The van der Waals surface area contributed by atoms with E-state index in [1.165, 1.54) is 0 Å². The molecule has 1 aliphatic heterocycles. The Labute approximate surface area is 136 Å². The predicted molar refractivity (Wildman–Crippen MR) is 84.8 cm³/mol. The maximum absolute atomic E-state index is 12.7. The first-order valence-corrected chi connectivity index (χ1v) is 7.69. The van der Waals surface area contributed by atoms with E-state index in [-0.39, 0.29) is 24.9 Å². The summed E-state index contributed by atoms with van der Waals surface area (Å²) in [6.45, 7) is 2.22. The maximum atomic E-state index is 12.7. The van der Waals surface area contributed by atoms with E-state index in [2.05, 4.69) is 0 Å². The van der Waals surface area contributed by atoms with E-state index in [4.69, 9.17) is 9.47 Å². The van der Waals surface area contributed by atoms with Gasteiger partial charge in [0.2, 0.25) is 5.91 Å². The molecule has 0 spiro atoms. The van der Waals surface area contributed by atoms with Crippen LogP contribution in [0.3, 0.4) is 0 Å². The van der Waals surface area contributed by atoms with Crippen molar-refractivity contribution in [2.24, 2.45) is 5.92 Å². The van der Waals surface area contributed by atoms with E-state index in [0.717, 1.165) is 5.56 Å². The number of carboxylic acids is 1. The molecule has 1 fully saturated rings. The Morgan fingerprint density at radius 2 is 2.00 bits per heavy atom. The molecule has 2 unspecified atom stereocenters. The number of aliphatic carboxylic acids is 1. The van der Waals surface area contributed by atoms with Crippen LogP contribution in [0.1, 0.15) is 25.3 Å². The molecule has 1 saturated heterocycles. The Kier molecular flexibility index (Phi) is 5.47. The highest BCUT2D eigenvalue weighted by atomic mass is 16.5. The van der Waals surface area contributed by atoms with E-state index in [1.54, 1.807) is 37.3 Å². The number of carbonyl (C=O) groups excluding carboxylic acids is 1. The van der Waals surface area contributed by atoms with Crippen LogP contribution < -0.4 is 9.47 Å². The van der Waals surface area contributed by atoms with Crippen LogP contribution in [0.4, 0.5) is 0 Å². The SMILES string of the molecule is COc1ccc(OC)c(CC(=O)N2CC(C(=O)O)CCC2C)c1. The van der Waals surface area contributed by atoms with Crippen LogP contribution in [0.2, 0.25) is 0 Å². The summed E-state index contributed by atoms with van der Waals surface area (Å²) in [5, 5.41) is 9.19. The average Bonchev–Trinajstić information content (AvgIpc) is 2.54. The number of hydrogen-bond acceptors (Lipinski definition) is 4. The minimum absolute atomic E-state index is 0.0507. The molecule has 2 atom stereocenters. The second kappa shape index (κ2) is 7.35. The number of hydrogen-bond donors (Lipinski definition) is 1. The first-order chi connectivity index (χ1) is 11.0. The number of benzene rings is 1. The third-order valence-electron chi connectivity index (χ3n) is 4.38. The topological polar surface area (TPSA) is 76.1 Å². The van der Waals surface area contributed by atoms with Crippen molar-refractivity contribution >= 4 is 11.9 Å². The zero-order chi connectivity index (χ0) is 17.0. The van der Waals surface area contributed by atoms with Crippen molar-refractivity contribution in [2.75, 3.05) is 20.8 Å². The summed E-state index contributed by atoms with van der Waals surface area (Å²) < 4.78 is 10.5. The maximum Gasteiger partial charge on any atom is 0.308 e. The summed E-state index contributed by atoms with van der Waals surface area (Å²) in [6, 6.07) is 5.37. The smallest absolute Gasteiger partial charge is 0.308 e. The molecule has 6 heteroatoms. The number of rotatable bonds is 5. The van der Waals surface area contributed by atoms with Crippen molar-refractivity contribution in [2.45, 2.75) is 32.2 Å². The van der Waals surface area contributed by atoms with Gasteiger partial charge >= 0.3 is 5.97 Å². The Morgan fingerprint density at radius 1 is 1.26 bits per heavy atom. The number of methoxy groups -OCH3 is 2. The van der Waals surface area contributed by atoms with Crippen molar-refractivity contribution in [1.82, 2.24) is 4.90 Å². The fourth-order valence-corrected chi connectivity index (χ4v) is 2.94. The van der Waals surface area contributed by atoms with Gasteiger partial charge in [-0.05, 0) is 38.0 Å². The molecule has 0 radical (unpaired) electrons. The zero-order valence-electron chi connectivity index (χ0n) is 13.7. The lowest BCUT2D eigenvalue weighted by molar-refractivity contribution is -0.147. The minimum Gasteiger partial charge on any atom is -0.497 e. The molecule has 1 aromatic carbocycles. The second-order valence-electron chi connectivity index (χ2n) is 5.86. The minimum atomic E-state index is -0.839. The molecule has 6 nitrogen and oxygen atoms in total. The third kappa shape index (κ3) is 3.94. The van der Waals surface area contributed by atoms with Gasteiger partial charge in [-0.25, -0.2) is 0 Å². The van der Waals surface area contributed by atoms with Crippen LogP contribution in [-0.2, 0) is 16.0 Å². The number of ether oxygens (including phenoxy) is 2. The third-order valence-corrected chi connectivity index (χ3v) is 4.38. The molecule has 1 N–H and O–H groups in total. The Balaban J connectivity index is 2.15. The molecule has 0 aliphatic carbocycles. The van der Waals surface area contributed by atoms with Crippen molar-refractivity contribution in [3.63, 3.8) is 0 Å². The summed E-state index contributed by atoms with van der Waals surface area (Å²) in [5.41, 5.74) is 0.737. The normalized spacial score (nSPS) is 20.9. The number of nitrogens with zero attached hydrogens (tertiary/aromatic N) is 1. The van der Waals surface area contributed by atoms with E-state index >= 15 is 0 Å². The van der Waals surface area contributed by atoms with Crippen LogP contribution >= 0.6 is 0 Å². The van der Waals surface area contributed by atoms with E-state index in [0.29, 0.717) is 24.3 Å². The molecule has 0 aromatic heterocycles. The molecule has 126 valence electrons. The van der Waals surface area contributed by atoms with Crippen LogP contribution in [0.5, 0.6) is 11.5 Å². The molecule has 23 heavy (non-hydrogen) atoms. The average molecular weight is 321 g/mol. The summed E-state index contributed by atoms with van der Waals surface area (Å²) >= 11 is 0. The van der Waals surface area contributed by atoms with Crippen molar-refractivity contribution < 1.29 is 24.2 Å². The summed E-state index contributed by atoms with van der Waals surface area (Å²) in [5.74, 6) is -0.131. The fourth-order valence-electron chi connectivity index (χ4n) is 2.94. The number of piperidine rings is 1. The highest BCUT2D eigenvalue weighted by Gasteiger charge is 2.32. The summed E-state index contributed by atoms with van der Waals surface area (Å²) in [4.78, 5) is 25.5. The van der Waals surface area contributed by atoms with Crippen molar-refractivity contribution in [3.05, 3.63) is 23.8 Å². The molecular weight excluding hydrogens is 298 g/mol. The number of likely N-dealkylation sites (tertiary alicyclic amines) is 1. The lowest BCUT2D eigenvalue weighted by Crippen LogP contribution is -2.47. The standard InChI is InChI=1S/C17H23NO5/c1-11-4-5-12(17(20)21)10-18(11)16(19)9-13-8-14(22-2)6-7-15(13)23-3/h6-8,11-12H,4-5,9-10H2,1-3H3,(H,20,21). The van der Waals surface area contributed by atoms with Gasteiger partial charge < -0.3 is 19.5 Å². The molecule has 1 aromatic rings. The Morgan fingerprint density at radius 3 is 2.61 bits per heavy atom. The van der Waals surface area contributed by atoms with Gasteiger partial charge in [-0.1, -0.05) is 0 Å². The van der Waals surface area contributed by atoms with E-state index in [9.17, 15) is 14.7 Å².